The molecule has 0 saturated carbocycles. The van der Waals surface area contributed by atoms with Gasteiger partial charge in [-0.1, -0.05) is 36.4 Å². The molecule has 2 nitrogen and oxygen atoms in total. The highest BCUT2D eigenvalue weighted by Gasteiger charge is 2.28. The first-order valence-electron chi connectivity index (χ1n) is 7.26. The standard InChI is InChI=1S/C18H18FNO/c1-13(21)16-8-5-9-17(19)18(16)20-11-10-15(12-20)14-6-3-2-4-7-14/h2-9,15H,10-12H2,1H3. The van der Waals surface area contributed by atoms with Crippen molar-refractivity contribution in [3.8, 4) is 0 Å². The van der Waals surface area contributed by atoms with E-state index >= 15 is 0 Å². The maximum Gasteiger partial charge on any atom is 0.161 e. The van der Waals surface area contributed by atoms with E-state index in [1.807, 2.05) is 23.1 Å². The largest absolute Gasteiger partial charge is 0.368 e. The predicted octanol–water partition coefficient (Wildman–Crippen LogP) is 4.02. The molecule has 2 aromatic rings. The number of para-hydroxylation sites is 1. The van der Waals surface area contributed by atoms with E-state index in [1.165, 1.54) is 18.6 Å². The molecule has 1 aliphatic heterocycles. The zero-order valence-electron chi connectivity index (χ0n) is 12.1. The molecule has 1 saturated heterocycles. The summed E-state index contributed by atoms with van der Waals surface area (Å²) in [6.45, 7) is 3.02. The average molecular weight is 283 g/mol. The molecular formula is C18H18FNO. The van der Waals surface area contributed by atoms with Crippen molar-refractivity contribution in [3.05, 3.63) is 65.5 Å². The summed E-state index contributed by atoms with van der Waals surface area (Å²) in [7, 11) is 0. The van der Waals surface area contributed by atoms with Gasteiger partial charge in [-0.05, 0) is 31.0 Å². The zero-order chi connectivity index (χ0) is 14.8. The molecule has 1 aliphatic rings. The smallest absolute Gasteiger partial charge is 0.161 e. The normalized spacial score (nSPS) is 18.0. The molecule has 3 rings (SSSR count). The summed E-state index contributed by atoms with van der Waals surface area (Å²) >= 11 is 0. The molecule has 0 aliphatic carbocycles. The fourth-order valence-electron chi connectivity index (χ4n) is 3.08. The van der Waals surface area contributed by atoms with Gasteiger partial charge in [-0.25, -0.2) is 4.39 Å². The summed E-state index contributed by atoms with van der Waals surface area (Å²) in [5.41, 5.74) is 2.22. The van der Waals surface area contributed by atoms with E-state index in [1.54, 1.807) is 12.1 Å². The molecule has 0 bridgehead atoms. The van der Waals surface area contributed by atoms with Crippen LogP contribution < -0.4 is 4.90 Å². The second kappa shape index (κ2) is 5.68. The van der Waals surface area contributed by atoms with Crippen LogP contribution in [-0.2, 0) is 0 Å². The van der Waals surface area contributed by atoms with Crippen LogP contribution in [0.2, 0.25) is 0 Å². The van der Waals surface area contributed by atoms with Crippen LogP contribution in [0.1, 0.15) is 35.2 Å². The van der Waals surface area contributed by atoms with Gasteiger partial charge in [-0.15, -0.1) is 0 Å². The minimum atomic E-state index is -0.309. The van der Waals surface area contributed by atoms with Gasteiger partial charge < -0.3 is 4.90 Å². The number of rotatable bonds is 3. The van der Waals surface area contributed by atoms with E-state index in [4.69, 9.17) is 0 Å². The molecule has 0 aromatic heterocycles. The Labute approximate surface area is 124 Å². The fourth-order valence-corrected chi connectivity index (χ4v) is 3.08. The molecular weight excluding hydrogens is 265 g/mol. The Hall–Kier alpha value is -2.16. The van der Waals surface area contributed by atoms with E-state index in [0.717, 1.165) is 19.5 Å². The summed E-state index contributed by atoms with van der Waals surface area (Å²) < 4.78 is 14.2. The van der Waals surface area contributed by atoms with Crippen LogP contribution in [-0.4, -0.2) is 18.9 Å². The van der Waals surface area contributed by atoms with E-state index in [9.17, 15) is 9.18 Å². The lowest BCUT2D eigenvalue weighted by molar-refractivity contribution is 0.101. The molecule has 3 heteroatoms. The molecule has 0 spiro atoms. The SMILES string of the molecule is CC(=O)c1cccc(F)c1N1CCC(c2ccccc2)C1. The molecule has 1 unspecified atom stereocenters. The van der Waals surface area contributed by atoms with Crippen molar-refractivity contribution in [1.29, 1.82) is 0 Å². The third-order valence-corrected chi connectivity index (χ3v) is 4.14. The van der Waals surface area contributed by atoms with Crippen molar-refractivity contribution in [2.24, 2.45) is 0 Å². The Morgan fingerprint density at radius 1 is 1.14 bits per heavy atom. The summed E-state index contributed by atoms with van der Waals surface area (Å²) in [5, 5.41) is 0. The van der Waals surface area contributed by atoms with Crippen LogP contribution >= 0.6 is 0 Å². The number of Topliss-reactive ketones (excluding diaryl/α,β-unsaturated/α-hetero) is 1. The highest BCUT2D eigenvalue weighted by Crippen LogP contribution is 2.34. The highest BCUT2D eigenvalue weighted by atomic mass is 19.1. The Kier molecular flexibility index (Phi) is 3.74. The number of hydrogen-bond donors (Lipinski definition) is 0. The van der Waals surface area contributed by atoms with Gasteiger partial charge in [0.15, 0.2) is 5.78 Å². The number of halogens is 1. The van der Waals surface area contributed by atoms with Crippen LogP contribution in [0.5, 0.6) is 0 Å². The fraction of sp³-hybridized carbons (Fsp3) is 0.278. The molecule has 0 N–H and O–H groups in total. The van der Waals surface area contributed by atoms with Crippen LogP contribution in [0, 0.1) is 5.82 Å². The minimum absolute atomic E-state index is 0.0901. The van der Waals surface area contributed by atoms with Crippen molar-refractivity contribution in [1.82, 2.24) is 0 Å². The van der Waals surface area contributed by atoms with Crippen molar-refractivity contribution in [2.75, 3.05) is 18.0 Å². The topological polar surface area (TPSA) is 20.3 Å². The maximum absolute atomic E-state index is 14.2. The lowest BCUT2D eigenvalue weighted by Gasteiger charge is -2.22. The Morgan fingerprint density at radius 3 is 2.62 bits per heavy atom. The van der Waals surface area contributed by atoms with Crippen LogP contribution in [0.25, 0.3) is 0 Å². The van der Waals surface area contributed by atoms with E-state index < -0.39 is 0 Å². The third kappa shape index (κ3) is 2.68. The van der Waals surface area contributed by atoms with Crippen molar-refractivity contribution >= 4 is 11.5 Å². The van der Waals surface area contributed by atoms with Crippen molar-refractivity contribution < 1.29 is 9.18 Å². The van der Waals surface area contributed by atoms with Gasteiger partial charge in [0.25, 0.3) is 0 Å². The first-order valence-corrected chi connectivity index (χ1v) is 7.26. The summed E-state index contributed by atoms with van der Waals surface area (Å²) in [6, 6.07) is 15.0. The first kappa shape index (κ1) is 13.8. The maximum atomic E-state index is 14.2. The molecule has 21 heavy (non-hydrogen) atoms. The molecule has 108 valence electrons. The molecule has 1 heterocycles. The summed E-state index contributed by atoms with van der Waals surface area (Å²) in [4.78, 5) is 13.7. The van der Waals surface area contributed by atoms with Gasteiger partial charge >= 0.3 is 0 Å². The van der Waals surface area contributed by atoms with E-state index in [-0.39, 0.29) is 11.6 Å². The number of carbonyl (C=O) groups excluding carboxylic acids is 1. The predicted molar refractivity (Wildman–Crippen MR) is 82.4 cm³/mol. The van der Waals surface area contributed by atoms with Gasteiger partial charge in [0.05, 0.1) is 5.69 Å². The van der Waals surface area contributed by atoms with Gasteiger partial charge in [0, 0.05) is 24.6 Å². The number of benzene rings is 2. The van der Waals surface area contributed by atoms with Gasteiger partial charge in [-0.2, -0.15) is 0 Å². The molecule has 0 amide bonds. The van der Waals surface area contributed by atoms with E-state index in [2.05, 4.69) is 12.1 Å². The van der Waals surface area contributed by atoms with E-state index in [0.29, 0.717) is 17.2 Å². The second-order valence-corrected chi connectivity index (χ2v) is 5.53. The number of carbonyl (C=O) groups is 1. The Morgan fingerprint density at radius 2 is 1.90 bits per heavy atom. The van der Waals surface area contributed by atoms with Gasteiger partial charge in [-0.3, -0.25) is 4.79 Å². The number of anilines is 1. The average Bonchev–Trinajstić information content (AvgIpc) is 2.97. The molecule has 0 radical (unpaired) electrons. The van der Waals surface area contributed by atoms with Crippen molar-refractivity contribution in [2.45, 2.75) is 19.3 Å². The van der Waals surface area contributed by atoms with Crippen LogP contribution in [0.3, 0.4) is 0 Å². The molecule has 1 atom stereocenters. The van der Waals surface area contributed by atoms with Gasteiger partial charge in [0.1, 0.15) is 5.82 Å². The van der Waals surface area contributed by atoms with Crippen LogP contribution in [0.4, 0.5) is 10.1 Å². The molecule has 2 aromatic carbocycles. The zero-order valence-corrected chi connectivity index (χ0v) is 12.1. The van der Waals surface area contributed by atoms with Crippen LogP contribution in [0.15, 0.2) is 48.5 Å². The highest BCUT2D eigenvalue weighted by molar-refractivity contribution is 5.99. The third-order valence-electron chi connectivity index (χ3n) is 4.14. The second-order valence-electron chi connectivity index (χ2n) is 5.53. The number of nitrogens with zero attached hydrogens (tertiary/aromatic N) is 1. The van der Waals surface area contributed by atoms with Gasteiger partial charge in [0.2, 0.25) is 0 Å². The lowest BCUT2D eigenvalue weighted by atomic mass is 9.99. The van der Waals surface area contributed by atoms with Crippen molar-refractivity contribution in [3.63, 3.8) is 0 Å². The minimum Gasteiger partial charge on any atom is -0.368 e. The summed E-state index contributed by atoms with van der Waals surface area (Å²) in [5.74, 6) is -0.00492. The number of hydrogen-bond acceptors (Lipinski definition) is 2. The number of ketones is 1. The summed E-state index contributed by atoms with van der Waals surface area (Å²) in [6.07, 6.45) is 0.982. The lowest BCUT2D eigenvalue weighted by Crippen LogP contribution is -2.23. The monoisotopic (exact) mass is 283 g/mol. The quantitative estimate of drug-likeness (QED) is 0.793. The Balaban J connectivity index is 1.89. The first-order chi connectivity index (χ1) is 10.2. The molecule has 1 fully saturated rings. The Bertz CT molecular complexity index is 654.